The molecule has 0 unspecified atom stereocenters. The van der Waals surface area contributed by atoms with Gasteiger partial charge < -0.3 is 10.6 Å². The Balaban J connectivity index is 2.33. The number of nitrogens with zero attached hydrogens (tertiary/aromatic N) is 3. The van der Waals surface area contributed by atoms with E-state index in [-0.39, 0.29) is 11.6 Å². The molecule has 0 bridgehead atoms. The Bertz CT molecular complexity index is 459. The molecule has 0 aromatic carbocycles. The van der Waals surface area contributed by atoms with Crippen LogP contribution in [-0.4, -0.2) is 28.9 Å². The first-order valence-electron chi connectivity index (χ1n) is 5.89. The molecule has 0 amide bonds. The summed E-state index contributed by atoms with van der Waals surface area (Å²) in [7, 11) is 0. The summed E-state index contributed by atoms with van der Waals surface area (Å²) in [6, 6.07) is 0.184. The van der Waals surface area contributed by atoms with E-state index in [9.17, 15) is 4.79 Å². The van der Waals surface area contributed by atoms with Gasteiger partial charge in [0.05, 0.1) is 11.9 Å². The van der Waals surface area contributed by atoms with Crippen LogP contribution in [0.2, 0.25) is 0 Å². The van der Waals surface area contributed by atoms with Gasteiger partial charge in [0.2, 0.25) is 0 Å². The fourth-order valence-corrected chi connectivity index (χ4v) is 2.69. The van der Waals surface area contributed by atoms with Gasteiger partial charge >= 0.3 is 0 Å². The smallest absolute Gasteiger partial charge is 0.283 e. The minimum atomic E-state index is -0.0795. The maximum atomic E-state index is 11.9. The molecule has 6 heteroatoms. The van der Waals surface area contributed by atoms with Crippen LogP contribution in [0.25, 0.3) is 0 Å². The number of hydrogen-bond acceptors (Lipinski definition) is 4. The van der Waals surface area contributed by atoms with Crippen LogP contribution in [0.4, 0.5) is 5.69 Å². The molecule has 0 radical (unpaired) electrons. The van der Waals surface area contributed by atoms with Crippen LogP contribution in [0, 0.1) is 0 Å². The summed E-state index contributed by atoms with van der Waals surface area (Å²) in [5, 5.41) is 4.15. The van der Waals surface area contributed by atoms with E-state index in [0.29, 0.717) is 11.0 Å². The van der Waals surface area contributed by atoms with E-state index in [0.717, 1.165) is 31.6 Å². The van der Waals surface area contributed by atoms with Crippen LogP contribution in [0.3, 0.4) is 0 Å². The number of aromatic nitrogens is 2. The van der Waals surface area contributed by atoms with Crippen molar-refractivity contribution in [3.63, 3.8) is 0 Å². The van der Waals surface area contributed by atoms with E-state index in [4.69, 9.17) is 5.73 Å². The Kier molecular flexibility index (Phi) is 3.83. The number of rotatable bonds is 2. The molecule has 1 aliphatic heterocycles. The minimum Gasteiger partial charge on any atom is -0.368 e. The number of nitrogens with two attached hydrogens (primary N) is 1. The molecule has 2 N–H and O–H groups in total. The molecule has 0 saturated carbocycles. The van der Waals surface area contributed by atoms with Gasteiger partial charge in [-0.25, -0.2) is 4.68 Å². The van der Waals surface area contributed by atoms with Crippen molar-refractivity contribution < 1.29 is 0 Å². The number of hydrogen-bond donors (Lipinski definition) is 1. The van der Waals surface area contributed by atoms with Gasteiger partial charge in [0, 0.05) is 25.7 Å². The van der Waals surface area contributed by atoms with Crippen LogP contribution in [0.15, 0.2) is 15.5 Å². The average molecular weight is 301 g/mol. The van der Waals surface area contributed by atoms with Gasteiger partial charge in [-0.15, -0.1) is 0 Å². The number of piperidine rings is 1. The second-order valence-electron chi connectivity index (χ2n) is 4.31. The molecule has 1 fully saturated rings. The maximum Gasteiger partial charge on any atom is 0.283 e. The van der Waals surface area contributed by atoms with Crippen molar-refractivity contribution in [2.75, 3.05) is 18.0 Å². The third-order valence-electron chi connectivity index (χ3n) is 3.06. The lowest BCUT2D eigenvalue weighted by atomic mass is 10.1. The van der Waals surface area contributed by atoms with Gasteiger partial charge in [-0.1, -0.05) is 0 Å². The number of anilines is 1. The highest BCUT2D eigenvalue weighted by Gasteiger charge is 2.20. The van der Waals surface area contributed by atoms with Gasteiger partial charge in [-0.3, -0.25) is 4.79 Å². The quantitative estimate of drug-likeness (QED) is 0.883. The zero-order valence-corrected chi connectivity index (χ0v) is 11.5. The molecule has 1 atom stereocenters. The highest BCUT2D eigenvalue weighted by molar-refractivity contribution is 9.10. The zero-order chi connectivity index (χ0) is 12.4. The van der Waals surface area contributed by atoms with E-state index in [1.165, 1.54) is 4.68 Å². The largest absolute Gasteiger partial charge is 0.368 e. The Hall–Kier alpha value is -0.880. The molecule has 1 aromatic heterocycles. The molecule has 5 nitrogen and oxygen atoms in total. The predicted octanol–water partition coefficient (Wildman–Crippen LogP) is 0.953. The van der Waals surface area contributed by atoms with Crippen molar-refractivity contribution in [3.05, 3.63) is 21.0 Å². The van der Waals surface area contributed by atoms with E-state index in [1.807, 2.05) is 6.92 Å². The molecule has 2 heterocycles. The van der Waals surface area contributed by atoms with Crippen LogP contribution in [0.5, 0.6) is 0 Å². The predicted molar refractivity (Wildman–Crippen MR) is 71.3 cm³/mol. The van der Waals surface area contributed by atoms with E-state index in [2.05, 4.69) is 25.9 Å². The summed E-state index contributed by atoms with van der Waals surface area (Å²) in [5.74, 6) is 0. The first-order valence-corrected chi connectivity index (χ1v) is 6.69. The summed E-state index contributed by atoms with van der Waals surface area (Å²) in [6.07, 6.45) is 3.85. The van der Waals surface area contributed by atoms with Crippen molar-refractivity contribution in [1.82, 2.24) is 9.78 Å². The van der Waals surface area contributed by atoms with E-state index >= 15 is 0 Å². The molecule has 2 rings (SSSR count). The highest BCUT2D eigenvalue weighted by Crippen LogP contribution is 2.24. The Labute approximate surface area is 109 Å². The third-order valence-corrected chi connectivity index (χ3v) is 3.81. The Morgan fingerprint density at radius 2 is 2.41 bits per heavy atom. The van der Waals surface area contributed by atoms with Crippen LogP contribution in [-0.2, 0) is 6.54 Å². The summed E-state index contributed by atoms with van der Waals surface area (Å²) in [6.45, 7) is 4.20. The summed E-state index contributed by atoms with van der Waals surface area (Å²) >= 11 is 3.37. The van der Waals surface area contributed by atoms with Gasteiger partial charge in [0.15, 0.2) is 0 Å². The standard InChI is InChI=1S/C11H17BrN4O/c1-2-16-11(17)10(12)9(6-14-16)15-5-3-4-8(13)7-15/h6,8H,2-5,7,13H2,1H3/t8-/m1/s1. The normalized spacial score (nSPS) is 20.6. The van der Waals surface area contributed by atoms with Gasteiger partial charge in [-0.2, -0.15) is 5.10 Å². The maximum absolute atomic E-state index is 11.9. The topological polar surface area (TPSA) is 64.2 Å². The van der Waals surface area contributed by atoms with Crippen molar-refractivity contribution in [2.24, 2.45) is 5.73 Å². The van der Waals surface area contributed by atoms with Gasteiger partial charge in [-0.05, 0) is 35.7 Å². The molecule has 1 aliphatic rings. The number of aryl methyl sites for hydroxylation is 1. The Morgan fingerprint density at radius 1 is 1.65 bits per heavy atom. The number of halogens is 1. The molecule has 0 spiro atoms. The minimum absolute atomic E-state index is 0.0795. The lowest BCUT2D eigenvalue weighted by Gasteiger charge is -2.32. The van der Waals surface area contributed by atoms with Crippen LogP contribution in [0.1, 0.15) is 19.8 Å². The SMILES string of the molecule is CCn1ncc(N2CCC[C@@H](N)C2)c(Br)c1=O. The molecule has 0 aliphatic carbocycles. The lowest BCUT2D eigenvalue weighted by molar-refractivity contribution is 0.503. The highest BCUT2D eigenvalue weighted by atomic mass is 79.9. The van der Waals surface area contributed by atoms with Gasteiger partial charge in [0.25, 0.3) is 5.56 Å². The Morgan fingerprint density at radius 3 is 3.06 bits per heavy atom. The van der Waals surface area contributed by atoms with E-state index in [1.54, 1.807) is 6.20 Å². The molecule has 1 aromatic rings. The van der Waals surface area contributed by atoms with Gasteiger partial charge in [0.1, 0.15) is 4.47 Å². The van der Waals surface area contributed by atoms with E-state index < -0.39 is 0 Å². The monoisotopic (exact) mass is 300 g/mol. The van der Waals surface area contributed by atoms with Crippen molar-refractivity contribution in [2.45, 2.75) is 32.4 Å². The lowest BCUT2D eigenvalue weighted by Crippen LogP contribution is -2.43. The molecular formula is C11H17BrN4O. The third kappa shape index (κ3) is 2.52. The first kappa shape index (κ1) is 12.6. The van der Waals surface area contributed by atoms with Crippen LogP contribution < -0.4 is 16.2 Å². The zero-order valence-electron chi connectivity index (χ0n) is 9.90. The summed E-state index contributed by atoms with van der Waals surface area (Å²) in [5.41, 5.74) is 6.72. The van der Waals surface area contributed by atoms with Crippen LogP contribution >= 0.6 is 15.9 Å². The second-order valence-corrected chi connectivity index (χ2v) is 5.11. The average Bonchev–Trinajstić information content (AvgIpc) is 2.32. The fourth-order valence-electron chi connectivity index (χ4n) is 2.13. The molecule has 94 valence electrons. The van der Waals surface area contributed by atoms with Crippen molar-refractivity contribution in [1.29, 1.82) is 0 Å². The molecule has 1 saturated heterocycles. The van der Waals surface area contributed by atoms with Crippen molar-refractivity contribution >= 4 is 21.6 Å². The fraction of sp³-hybridized carbons (Fsp3) is 0.636. The second kappa shape index (κ2) is 5.18. The first-order chi connectivity index (χ1) is 8.13. The van der Waals surface area contributed by atoms with Crippen molar-refractivity contribution in [3.8, 4) is 0 Å². The summed E-state index contributed by atoms with van der Waals surface area (Å²) < 4.78 is 2.03. The molecular weight excluding hydrogens is 284 g/mol. The summed E-state index contributed by atoms with van der Waals surface area (Å²) in [4.78, 5) is 14.1. The molecule has 17 heavy (non-hydrogen) atoms.